The van der Waals surface area contributed by atoms with E-state index in [2.05, 4.69) is 167 Å². The predicted octanol–water partition coefficient (Wildman–Crippen LogP) is 20.5. The van der Waals surface area contributed by atoms with E-state index in [-0.39, 0.29) is 0 Å². The minimum absolute atomic E-state index is 0.469. The van der Waals surface area contributed by atoms with E-state index in [0.29, 0.717) is 28.7 Å². The average molecular weight is 987 g/mol. The second kappa shape index (κ2) is 17.3. The lowest BCUT2D eigenvalue weighted by Crippen LogP contribution is -2.10. The first-order valence-electron chi connectivity index (χ1n) is 26.6. The summed E-state index contributed by atoms with van der Waals surface area (Å²) in [6.07, 6.45) is 12.3. The number of hydrogen-bond donors (Lipinski definition) is 0. The van der Waals surface area contributed by atoms with Crippen LogP contribution in [0.1, 0.15) is 92.7 Å². The van der Waals surface area contributed by atoms with Gasteiger partial charge in [-0.2, -0.15) is 5.26 Å². The third-order valence-electron chi connectivity index (χ3n) is 17.0. The molecule has 0 amide bonds. The molecule has 2 fully saturated rings. The Bertz CT molecular complexity index is 4320. The van der Waals surface area contributed by atoms with Crippen LogP contribution >= 0.6 is 22.7 Å². The molecule has 4 aromatic heterocycles. The standard InChI is InChI=1S/C68H50N4S2/c1-70-62-60(43-22-10-4-11-23-43)55(40-69)63(71-56-38-45(41-18-6-2-7-19-41)30-32-47(56)48-33-31-46(39-57(48)71)42-20-8-3-9-21-42)61(44-24-12-5-13-25-44)66(62)72-64-51(34-36-53-49-26-14-16-28-58(49)73-67(53)64)52-35-37-54-50-27-15-17-29-59(50)74-68(54)65(52)72/h4-5,10-17,22-39,41-42H,2-3,6-9,18-21H2. The fourth-order valence-electron chi connectivity index (χ4n) is 13.6. The van der Waals surface area contributed by atoms with Crippen molar-refractivity contribution in [2.45, 2.75) is 76.0 Å². The molecule has 354 valence electrons. The van der Waals surface area contributed by atoms with Crippen LogP contribution in [0.3, 0.4) is 0 Å². The van der Waals surface area contributed by atoms with Crippen molar-refractivity contribution in [1.29, 1.82) is 5.26 Å². The van der Waals surface area contributed by atoms with Gasteiger partial charge in [0.15, 0.2) is 0 Å². The Morgan fingerprint density at radius 1 is 0.446 bits per heavy atom. The number of nitriles is 1. The minimum Gasteiger partial charge on any atom is -0.316 e. The maximum atomic E-state index is 12.3. The number of thiophene rings is 2. The first-order chi connectivity index (χ1) is 36.7. The number of rotatable bonds is 6. The van der Waals surface area contributed by atoms with Crippen molar-refractivity contribution >= 4 is 112 Å². The number of nitrogens with zero attached hydrogens (tertiary/aromatic N) is 4. The van der Waals surface area contributed by atoms with Crippen LogP contribution in [-0.2, 0) is 0 Å². The van der Waals surface area contributed by atoms with Crippen LogP contribution in [0.25, 0.3) is 122 Å². The Morgan fingerprint density at radius 3 is 1.38 bits per heavy atom. The van der Waals surface area contributed by atoms with E-state index in [4.69, 9.17) is 4.85 Å². The van der Waals surface area contributed by atoms with Gasteiger partial charge < -0.3 is 9.13 Å². The zero-order chi connectivity index (χ0) is 49.0. The number of aromatic nitrogens is 2. The van der Waals surface area contributed by atoms with E-state index < -0.39 is 0 Å². The molecule has 74 heavy (non-hydrogen) atoms. The van der Waals surface area contributed by atoms with Crippen LogP contribution in [-0.4, -0.2) is 9.13 Å². The lowest BCUT2D eigenvalue weighted by Gasteiger charge is -2.26. The van der Waals surface area contributed by atoms with Gasteiger partial charge in [-0.3, -0.25) is 0 Å². The molecule has 0 bridgehead atoms. The van der Waals surface area contributed by atoms with Gasteiger partial charge in [0.25, 0.3) is 0 Å². The summed E-state index contributed by atoms with van der Waals surface area (Å²) < 4.78 is 9.81. The molecule has 9 aromatic carbocycles. The maximum Gasteiger partial charge on any atom is 0.220 e. The third-order valence-corrected chi connectivity index (χ3v) is 19.4. The van der Waals surface area contributed by atoms with Gasteiger partial charge in [0.1, 0.15) is 6.07 Å². The van der Waals surface area contributed by atoms with Gasteiger partial charge in [-0.15, -0.1) is 22.7 Å². The first kappa shape index (κ1) is 43.6. The Morgan fingerprint density at radius 2 is 0.892 bits per heavy atom. The molecular formula is C68H50N4S2. The van der Waals surface area contributed by atoms with Crippen molar-refractivity contribution in [3.8, 4) is 39.7 Å². The summed E-state index contributed by atoms with van der Waals surface area (Å²) >= 11 is 3.66. The molecule has 0 radical (unpaired) electrons. The highest BCUT2D eigenvalue weighted by molar-refractivity contribution is 7.27. The molecule has 6 heteroatoms. The molecule has 0 aliphatic heterocycles. The zero-order valence-corrected chi connectivity index (χ0v) is 42.6. The highest BCUT2D eigenvalue weighted by Crippen LogP contribution is 2.55. The van der Waals surface area contributed by atoms with E-state index in [1.807, 2.05) is 40.9 Å². The van der Waals surface area contributed by atoms with Crippen LogP contribution in [0.15, 0.2) is 170 Å². The molecule has 0 unspecified atom stereocenters. The maximum absolute atomic E-state index is 12.3. The Kier molecular flexibility index (Phi) is 10.2. The van der Waals surface area contributed by atoms with Gasteiger partial charge in [-0.1, -0.05) is 184 Å². The highest BCUT2D eigenvalue weighted by atomic mass is 32.1. The molecule has 0 saturated heterocycles. The molecular weight excluding hydrogens is 937 g/mol. The molecule has 15 rings (SSSR count). The van der Waals surface area contributed by atoms with Crippen molar-refractivity contribution in [2.24, 2.45) is 0 Å². The van der Waals surface area contributed by atoms with Crippen molar-refractivity contribution in [1.82, 2.24) is 9.13 Å². The van der Waals surface area contributed by atoms with E-state index in [9.17, 15) is 11.8 Å². The van der Waals surface area contributed by atoms with Gasteiger partial charge in [0.05, 0.1) is 55.0 Å². The third kappa shape index (κ3) is 6.48. The fraction of sp³-hybridized carbons (Fsp3) is 0.176. The first-order valence-corrected chi connectivity index (χ1v) is 28.2. The Balaban J connectivity index is 1.21. The van der Waals surface area contributed by atoms with Gasteiger partial charge in [-0.25, -0.2) is 4.85 Å². The SMILES string of the molecule is [C-]#[N+]c1c(-c2ccccc2)c(C#N)c(-n2c3cc(C4CCCCC4)ccc3c3ccc(C4CCCCC4)cc32)c(-c2ccccc2)c1-n1c2c(ccc3c4ccccc4sc32)c2ccc3c4ccccc4sc3c21. The molecule has 0 N–H and O–H groups in total. The van der Waals surface area contributed by atoms with Crippen LogP contribution in [0.2, 0.25) is 0 Å². The summed E-state index contributed by atoms with van der Waals surface area (Å²) in [5.74, 6) is 0.956. The van der Waals surface area contributed by atoms with Crippen LogP contribution in [0.4, 0.5) is 5.69 Å². The zero-order valence-electron chi connectivity index (χ0n) is 41.0. The van der Waals surface area contributed by atoms with E-state index in [0.717, 1.165) is 60.9 Å². The Hall–Kier alpha value is -8.00. The minimum atomic E-state index is 0.469. The van der Waals surface area contributed by atoms with Gasteiger partial charge >= 0.3 is 0 Å². The molecule has 13 aromatic rings. The summed E-state index contributed by atoms with van der Waals surface area (Å²) in [6, 6.07) is 65.2. The smallest absolute Gasteiger partial charge is 0.220 e. The van der Waals surface area contributed by atoms with Crippen LogP contribution in [0, 0.1) is 17.9 Å². The molecule has 4 heterocycles. The van der Waals surface area contributed by atoms with Crippen molar-refractivity contribution in [3.63, 3.8) is 0 Å². The highest BCUT2D eigenvalue weighted by Gasteiger charge is 2.34. The molecule has 0 spiro atoms. The number of fused-ring (bicyclic) bond motifs is 14. The molecule has 2 aliphatic rings. The van der Waals surface area contributed by atoms with Crippen LogP contribution in [0.5, 0.6) is 0 Å². The molecule has 2 aliphatic carbocycles. The molecule has 4 nitrogen and oxygen atoms in total. The monoisotopic (exact) mass is 986 g/mol. The number of hydrogen-bond acceptors (Lipinski definition) is 3. The molecule has 0 atom stereocenters. The summed E-state index contributed by atoms with van der Waals surface area (Å²) in [7, 11) is 0. The van der Waals surface area contributed by atoms with Crippen molar-refractivity contribution in [3.05, 3.63) is 198 Å². The summed E-state index contributed by atoms with van der Waals surface area (Å²) in [4.78, 5) is 4.73. The number of benzene rings is 9. The summed E-state index contributed by atoms with van der Waals surface area (Å²) in [5, 5.41) is 21.8. The average Bonchev–Trinajstić information content (AvgIpc) is 4.32. The van der Waals surface area contributed by atoms with Crippen LogP contribution < -0.4 is 0 Å². The quantitative estimate of drug-likeness (QED) is 0.153. The normalized spacial score (nSPS) is 14.9. The fourth-order valence-corrected chi connectivity index (χ4v) is 16.1. The Labute approximate surface area is 437 Å². The van der Waals surface area contributed by atoms with E-state index in [1.54, 1.807) is 0 Å². The van der Waals surface area contributed by atoms with Gasteiger partial charge in [0.2, 0.25) is 5.69 Å². The van der Waals surface area contributed by atoms with E-state index in [1.165, 1.54) is 126 Å². The summed E-state index contributed by atoms with van der Waals surface area (Å²) in [6.45, 7) is 9.62. The second-order valence-electron chi connectivity index (χ2n) is 20.9. The lowest BCUT2D eigenvalue weighted by atomic mass is 9.83. The van der Waals surface area contributed by atoms with E-state index >= 15 is 0 Å². The lowest BCUT2D eigenvalue weighted by molar-refractivity contribution is 0.444. The predicted molar refractivity (Wildman–Crippen MR) is 314 cm³/mol. The topological polar surface area (TPSA) is 38.0 Å². The molecule has 2 saturated carbocycles. The van der Waals surface area contributed by atoms with Crippen molar-refractivity contribution in [2.75, 3.05) is 0 Å². The largest absolute Gasteiger partial charge is 0.316 e. The second-order valence-corrected chi connectivity index (χ2v) is 23.0. The van der Waals surface area contributed by atoms with Gasteiger partial charge in [-0.05, 0) is 84.0 Å². The summed E-state index contributed by atoms with van der Waals surface area (Å²) in [5.41, 5.74) is 13.1. The van der Waals surface area contributed by atoms with Gasteiger partial charge in [0, 0.05) is 63.6 Å². The van der Waals surface area contributed by atoms with Crippen molar-refractivity contribution < 1.29 is 0 Å².